The van der Waals surface area contributed by atoms with Crippen LogP contribution in [-0.2, 0) is 13.0 Å². The summed E-state index contributed by atoms with van der Waals surface area (Å²) in [5.41, 5.74) is 9.63. The Kier molecular flexibility index (Phi) is 4.00. The molecule has 0 aliphatic rings. The Bertz CT molecular complexity index is 759. The van der Waals surface area contributed by atoms with E-state index in [1.807, 2.05) is 25.1 Å². The third kappa shape index (κ3) is 3.29. The number of rotatable bonds is 4. The largest absolute Gasteiger partial charge is 0.343 e. The van der Waals surface area contributed by atoms with Crippen LogP contribution >= 0.6 is 11.6 Å². The van der Waals surface area contributed by atoms with Gasteiger partial charge in [0.25, 0.3) is 0 Å². The van der Waals surface area contributed by atoms with E-state index in [0.29, 0.717) is 0 Å². The molecule has 1 unspecified atom stereocenters. The second kappa shape index (κ2) is 5.92. The van der Waals surface area contributed by atoms with Gasteiger partial charge in [0.2, 0.25) is 0 Å². The minimum atomic E-state index is 0.179. The summed E-state index contributed by atoms with van der Waals surface area (Å²) in [6.45, 7) is 2.86. The van der Waals surface area contributed by atoms with Crippen molar-refractivity contribution >= 4 is 22.5 Å². The summed E-state index contributed by atoms with van der Waals surface area (Å²) < 4.78 is 2.26. The molecule has 108 valence electrons. The topological polar surface area (TPSA) is 30.9 Å². The quantitative estimate of drug-likeness (QED) is 0.767. The first kappa shape index (κ1) is 14.2. The van der Waals surface area contributed by atoms with E-state index < -0.39 is 0 Å². The van der Waals surface area contributed by atoms with Gasteiger partial charge in [-0.2, -0.15) is 0 Å². The fourth-order valence-electron chi connectivity index (χ4n) is 2.70. The summed E-state index contributed by atoms with van der Waals surface area (Å²) in [6, 6.07) is 16.9. The van der Waals surface area contributed by atoms with Crippen molar-refractivity contribution < 1.29 is 0 Å². The lowest BCUT2D eigenvalue weighted by molar-refractivity contribution is 0.738. The van der Waals surface area contributed by atoms with Crippen LogP contribution in [0.5, 0.6) is 0 Å². The molecule has 1 aromatic heterocycles. The number of halogens is 1. The lowest BCUT2D eigenvalue weighted by Crippen LogP contribution is -2.17. The maximum absolute atomic E-state index is 6.06. The highest BCUT2D eigenvalue weighted by Crippen LogP contribution is 2.20. The Hall–Kier alpha value is -1.77. The van der Waals surface area contributed by atoms with Gasteiger partial charge in [-0.1, -0.05) is 35.9 Å². The monoisotopic (exact) mass is 298 g/mol. The van der Waals surface area contributed by atoms with Gasteiger partial charge in [-0.05, 0) is 54.1 Å². The Morgan fingerprint density at radius 2 is 1.95 bits per heavy atom. The van der Waals surface area contributed by atoms with Crippen molar-refractivity contribution in [2.24, 2.45) is 5.73 Å². The van der Waals surface area contributed by atoms with Crippen LogP contribution in [0.15, 0.2) is 54.7 Å². The predicted molar refractivity (Wildman–Crippen MR) is 89.8 cm³/mol. The van der Waals surface area contributed by atoms with Gasteiger partial charge in [0.05, 0.1) is 0 Å². The highest BCUT2D eigenvalue weighted by molar-refractivity contribution is 6.30. The lowest BCUT2D eigenvalue weighted by Gasteiger charge is -2.09. The van der Waals surface area contributed by atoms with Crippen LogP contribution in [0.25, 0.3) is 10.9 Å². The fourth-order valence-corrected chi connectivity index (χ4v) is 2.91. The van der Waals surface area contributed by atoms with E-state index in [2.05, 4.69) is 41.1 Å². The highest BCUT2D eigenvalue weighted by atomic mass is 35.5. The van der Waals surface area contributed by atoms with Gasteiger partial charge in [0, 0.05) is 29.3 Å². The van der Waals surface area contributed by atoms with E-state index in [1.165, 1.54) is 22.0 Å². The molecule has 0 radical (unpaired) electrons. The summed E-state index contributed by atoms with van der Waals surface area (Å²) in [4.78, 5) is 0. The molecule has 1 atom stereocenters. The standard InChI is InChI=1S/C18H19ClN2/c1-13(20)9-14-5-6-16-7-8-21(18(16)11-14)12-15-3-2-4-17(19)10-15/h2-8,10-11,13H,9,12,20H2,1H3. The molecule has 2 N–H and O–H groups in total. The normalized spacial score (nSPS) is 12.7. The molecule has 0 spiro atoms. The molecule has 0 fully saturated rings. The highest BCUT2D eigenvalue weighted by Gasteiger charge is 2.05. The predicted octanol–water partition coefficient (Wildman–Crippen LogP) is 4.23. The van der Waals surface area contributed by atoms with Gasteiger partial charge in [-0.15, -0.1) is 0 Å². The van der Waals surface area contributed by atoms with Crippen molar-refractivity contribution in [1.82, 2.24) is 4.57 Å². The van der Waals surface area contributed by atoms with Crippen molar-refractivity contribution in [3.63, 3.8) is 0 Å². The molecular weight excluding hydrogens is 280 g/mol. The van der Waals surface area contributed by atoms with Crippen LogP contribution in [-0.4, -0.2) is 10.6 Å². The number of benzene rings is 2. The third-order valence-corrected chi connectivity index (χ3v) is 3.87. The van der Waals surface area contributed by atoms with Gasteiger partial charge in [-0.3, -0.25) is 0 Å². The van der Waals surface area contributed by atoms with E-state index in [0.717, 1.165) is 18.0 Å². The Labute approximate surface area is 130 Å². The van der Waals surface area contributed by atoms with E-state index in [-0.39, 0.29) is 6.04 Å². The number of nitrogens with two attached hydrogens (primary N) is 1. The van der Waals surface area contributed by atoms with Crippen molar-refractivity contribution in [2.45, 2.75) is 25.9 Å². The summed E-state index contributed by atoms with van der Waals surface area (Å²) >= 11 is 6.06. The van der Waals surface area contributed by atoms with Crippen LogP contribution in [0.4, 0.5) is 0 Å². The second-order valence-corrected chi connectivity index (χ2v) is 6.08. The number of hydrogen-bond donors (Lipinski definition) is 1. The van der Waals surface area contributed by atoms with E-state index in [4.69, 9.17) is 17.3 Å². The van der Waals surface area contributed by atoms with Crippen LogP contribution in [0, 0.1) is 0 Å². The van der Waals surface area contributed by atoms with Gasteiger partial charge < -0.3 is 10.3 Å². The van der Waals surface area contributed by atoms with Crippen LogP contribution in [0.1, 0.15) is 18.1 Å². The first-order chi connectivity index (χ1) is 10.1. The molecule has 0 bridgehead atoms. The second-order valence-electron chi connectivity index (χ2n) is 5.65. The maximum atomic E-state index is 6.06. The Balaban J connectivity index is 1.94. The van der Waals surface area contributed by atoms with E-state index in [1.54, 1.807) is 0 Å². The molecule has 3 heteroatoms. The Morgan fingerprint density at radius 3 is 2.71 bits per heavy atom. The van der Waals surface area contributed by atoms with Crippen molar-refractivity contribution in [1.29, 1.82) is 0 Å². The molecule has 21 heavy (non-hydrogen) atoms. The van der Waals surface area contributed by atoms with Gasteiger partial charge in [-0.25, -0.2) is 0 Å². The Morgan fingerprint density at radius 1 is 1.10 bits per heavy atom. The van der Waals surface area contributed by atoms with E-state index in [9.17, 15) is 0 Å². The average molecular weight is 299 g/mol. The molecule has 3 rings (SSSR count). The van der Waals surface area contributed by atoms with E-state index >= 15 is 0 Å². The number of hydrogen-bond acceptors (Lipinski definition) is 1. The van der Waals surface area contributed by atoms with Gasteiger partial charge in [0.1, 0.15) is 0 Å². The summed E-state index contributed by atoms with van der Waals surface area (Å²) in [7, 11) is 0. The SMILES string of the molecule is CC(N)Cc1ccc2ccn(Cc3cccc(Cl)c3)c2c1. The van der Waals surface area contributed by atoms with Crippen LogP contribution in [0.3, 0.4) is 0 Å². The third-order valence-electron chi connectivity index (χ3n) is 3.64. The van der Waals surface area contributed by atoms with Gasteiger partial charge in [0.15, 0.2) is 0 Å². The zero-order valence-electron chi connectivity index (χ0n) is 12.1. The first-order valence-electron chi connectivity index (χ1n) is 7.19. The van der Waals surface area contributed by atoms with Crippen molar-refractivity contribution in [2.75, 3.05) is 0 Å². The van der Waals surface area contributed by atoms with Crippen LogP contribution in [0.2, 0.25) is 5.02 Å². The minimum Gasteiger partial charge on any atom is -0.343 e. The van der Waals surface area contributed by atoms with Crippen LogP contribution < -0.4 is 5.73 Å². The molecule has 2 aromatic carbocycles. The lowest BCUT2D eigenvalue weighted by atomic mass is 10.1. The minimum absolute atomic E-state index is 0.179. The van der Waals surface area contributed by atoms with Crippen molar-refractivity contribution in [3.8, 4) is 0 Å². The molecule has 0 aliphatic heterocycles. The average Bonchev–Trinajstić information content (AvgIpc) is 2.81. The summed E-state index contributed by atoms with van der Waals surface area (Å²) in [5.74, 6) is 0. The molecule has 1 heterocycles. The number of fused-ring (bicyclic) bond motifs is 1. The zero-order valence-corrected chi connectivity index (χ0v) is 12.8. The molecule has 0 saturated heterocycles. The molecule has 0 saturated carbocycles. The number of aromatic nitrogens is 1. The molecule has 3 aromatic rings. The summed E-state index contributed by atoms with van der Waals surface area (Å²) in [6.07, 6.45) is 3.03. The van der Waals surface area contributed by atoms with Gasteiger partial charge >= 0.3 is 0 Å². The summed E-state index contributed by atoms with van der Waals surface area (Å²) in [5, 5.41) is 2.03. The fraction of sp³-hybridized carbons (Fsp3) is 0.222. The molecule has 2 nitrogen and oxygen atoms in total. The number of nitrogens with zero attached hydrogens (tertiary/aromatic N) is 1. The molecule has 0 amide bonds. The first-order valence-corrected chi connectivity index (χ1v) is 7.57. The van der Waals surface area contributed by atoms with Crippen molar-refractivity contribution in [3.05, 3.63) is 70.9 Å². The molecule has 0 aliphatic carbocycles. The maximum Gasteiger partial charge on any atom is 0.0486 e. The molecular formula is C18H19ClN2. The zero-order chi connectivity index (χ0) is 14.8. The smallest absolute Gasteiger partial charge is 0.0486 e.